The topological polar surface area (TPSA) is 55.8 Å². The average Bonchev–Trinajstić information content (AvgIpc) is 2.78. The lowest BCUT2D eigenvalue weighted by Gasteiger charge is -2.30. The van der Waals surface area contributed by atoms with Gasteiger partial charge in [0.25, 0.3) is 0 Å². The number of ketones is 1. The molecule has 0 saturated carbocycles. The van der Waals surface area contributed by atoms with Crippen LogP contribution < -0.4 is 9.47 Å². The summed E-state index contributed by atoms with van der Waals surface area (Å²) in [5.41, 5.74) is 1.62. The van der Waals surface area contributed by atoms with Crippen LogP contribution in [0.4, 0.5) is 0 Å². The van der Waals surface area contributed by atoms with Crippen LogP contribution in [0.1, 0.15) is 35.7 Å². The van der Waals surface area contributed by atoms with Crippen molar-refractivity contribution in [3.8, 4) is 11.5 Å². The third-order valence-corrected chi connectivity index (χ3v) is 5.14. The van der Waals surface area contributed by atoms with Crippen LogP contribution in [-0.2, 0) is 4.79 Å². The molecule has 152 valence electrons. The largest absolute Gasteiger partial charge is 0.493 e. The molecule has 1 amide bonds. The van der Waals surface area contributed by atoms with Gasteiger partial charge in [-0.25, -0.2) is 0 Å². The van der Waals surface area contributed by atoms with Gasteiger partial charge in [0.2, 0.25) is 5.91 Å². The summed E-state index contributed by atoms with van der Waals surface area (Å²) < 4.78 is 10.9. The first-order chi connectivity index (χ1) is 14.1. The van der Waals surface area contributed by atoms with Gasteiger partial charge in [0.15, 0.2) is 17.3 Å². The van der Waals surface area contributed by atoms with E-state index in [2.05, 4.69) is 0 Å². The first-order valence-electron chi connectivity index (χ1n) is 9.99. The Bertz CT molecular complexity index is 868. The molecule has 0 radical (unpaired) electrons. The van der Waals surface area contributed by atoms with E-state index in [4.69, 9.17) is 9.47 Å². The Balaban J connectivity index is 1.57. The fraction of sp³-hybridized carbons (Fsp3) is 0.333. The molecule has 0 aliphatic carbocycles. The standard InChI is InChI=1S/C24H27NO4/c1-3-29-22-17-18(9-11-21(22)28-2)10-12-23(26)25-15-13-20(14-16-25)24(27)19-7-5-4-6-8-19/h4-12,17,20H,3,13-16H2,1-2H3/b12-10+. The zero-order valence-electron chi connectivity index (χ0n) is 17.0. The van der Waals surface area contributed by atoms with Crippen LogP contribution in [0.2, 0.25) is 0 Å². The monoisotopic (exact) mass is 393 g/mol. The summed E-state index contributed by atoms with van der Waals surface area (Å²) in [7, 11) is 1.60. The maximum atomic E-state index is 12.6. The molecule has 0 spiro atoms. The van der Waals surface area contributed by atoms with Gasteiger partial charge in [-0.05, 0) is 43.5 Å². The molecular formula is C24H27NO4. The van der Waals surface area contributed by atoms with Crippen molar-refractivity contribution in [2.45, 2.75) is 19.8 Å². The summed E-state index contributed by atoms with van der Waals surface area (Å²) in [5, 5.41) is 0. The molecular weight excluding hydrogens is 366 g/mol. The van der Waals surface area contributed by atoms with Gasteiger partial charge in [0, 0.05) is 30.6 Å². The lowest BCUT2D eigenvalue weighted by atomic mass is 9.89. The number of amides is 1. The lowest BCUT2D eigenvalue weighted by Crippen LogP contribution is -2.39. The number of ether oxygens (including phenoxy) is 2. The van der Waals surface area contributed by atoms with Crippen molar-refractivity contribution >= 4 is 17.8 Å². The fourth-order valence-electron chi connectivity index (χ4n) is 3.54. The van der Waals surface area contributed by atoms with E-state index >= 15 is 0 Å². The molecule has 0 atom stereocenters. The highest BCUT2D eigenvalue weighted by Crippen LogP contribution is 2.28. The third-order valence-electron chi connectivity index (χ3n) is 5.14. The molecule has 29 heavy (non-hydrogen) atoms. The van der Waals surface area contributed by atoms with Gasteiger partial charge in [-0.1, -0.05) is 36.4 Å². The number of hydrogen-bond donors (Lipinski definition) is 0. The highest BCUT2D eigenvalue weighted by Gasteiger charge is 2.27. The van der Waals surface area contributed by atoms with Crippen LogP contribution in [0.25, 0.3) is 6.08 Å². The van der Waals surface area contributed by atoms with Gasteiger partial charge in [0.05, 0.1) is 13.7 Å². The fourth-order valence-corrected chi connectivity index (χ4v) is 3.54. The Labute approximate surface area is 171 Å². The van der Waals surface area contributed by atoms with E-state index in [0.717, 1.165) is 11.1 Å². The number of methoxy groups -OCH3 is 1. The Morgan fingerprint density at radius 1 is 1.07 bits per heavy atom. The van der Waals surface area contributed by atoms with E-state index in [-0.39, 0.29) is 17.6 Å². The maximum Gasteiger partial charge on any atom is 0.246 e. The summed E-state index contributed by atoms with van der Waals surface area (Å²) >= 11 is 0. The molecule has 2 aromatic rings. The van der Waals surface area contributed by atoms with E-state index in [1.807, 2.05) is 55.5 Å². The second-order valence-electron chi connectivity index (χ2n) is 7.01. The number of nitrogens with zero attached hydrogens (tertiary/aromatic N) is 1. The Morgan fingerprint density at radius 2 is 1.79 bits per heavy atom. The summed E-state index contributed by atoms with van der Waals surface area (Å²) in [4.78, 5) is 26.9. The van der Waals surface area contributed by atoms with Crippen LogP contribution in [0.5, 0.6) is 11.5 Å². The van der Waals surface area contributed by atoms with Crippen molar-refractivity contribution in [1.82, 2.24) is 4.90 Å². The Hall–Kier alpha value is -3.08. The number of carbonyl (C=O) groups is 2. The van der Waals surface area contributed by atoms with Crippen molar-refractivity contribution < 1.29 is 19.1 Å². The van der Waals surface area contributed by atoms with Gasteiger partial charge in [-0.2, -0.15) is 0 Å². The zero-order valence-corrected chi connectivity index (χ0v) is 17.0. The summed E-state index contributed by atoms with van der Waals surface area (Å²) in [6.07, 6.45) is 4.76. The van der Waals surface area contributed by atoms with Crippen LogP contribution in [-0.4, -0.2) is 43.4 Å². The van der Waals surface area contributed by atoms with E-state index in [0.29, 0.717) is 44.0 Å². The number of benzene rings is 2. The molecule has 5 heteroatoms. The molecule has 5 nitrogen and oxygen atoms in total. The predicted molar refractivity (Wildman–Crippen MR) is 113 cm³/mol. The molecule has 1 aliphatic rings. The molecule has 1 aliphatic heterocycles. The first kappa shape index (κ1) is 20.6. The van der Waals surface area contributed by atoms with Crippen molar-refractivity contribution in [3.63, 3.8) is 0 Å². The molecule has 1 heterocycles. The normalized spacial score (nSPS) is 14.8. The van der Waals surface area contributed by atoms with Crippen molar-refractivity contribution in [2.75, 3.05) is 26.8 Å². The van der Waals surface area contributed by atoms with E-state index in [9.17, 15) is 9.59 Å². The smallest absolute Gasteiger partial charge is 0.246 e. The molecule has 1 fully saturated rings. The summed E-state index contributed by atoms with van der Waals surface area (Å²) in [6.45, 7) is 3.65. The highest BCUT2D eigenvalue weighted by molar-refractivity contribution is 5.98. The predicted octanol–water partition coefficient (Wildman–Crippen LogP) is 4.23. The minimum absolute atomic E-state index is 0.0132. The van der Waals surface area contributed by atoms with Gasteiger partial charge in [-0.15, -0.1) is 0 Å². The Kier molecular flexibility index (Phi) is 7.06. The SMILES string of the molecule is CCOc1cc(/C=C/C(=O)N2CCC(C(=O)c3ccccc3)CC2)ccc1OC. The summed E-state index contributed by atoms with van der Waals surface area (Å²) in [6, 6.07) is 15.0. The van der Waals surface area contributed by atoms with Crippen molar-refractivity contribution in [3.05, 3.63) is 65.7 Å². The zero-order chi connectivity index (χ0) is 20.6. The number of hydrogen-bond acceptors (Lipinski definition) is 4. The molecule has 0 aromatic heterocycles. The van der Waals surface area contributed by atoms with E-state index in [1.165, 1.54) is 0 Å². The van der Waals surface area contributed by atoms with Gasteiger partial charge >= 0.3 is 0 Å². The lowest BCUT2D eigenvalue weighted by molar-refractivity contribution is -0.127. The molecule has 0 unspecified atom stereocenters. The highest BCUT2D eigenvalue weighted by atomic mass is 16.5. The van der Waals surface area contributed by atoms with E-state index < -0.39 is 0 Å². The first-order valence-corrected chi connectivity index (χ1v) is 9.99. The molecule has 0 bridgehead atoms. The second kappa shape index (κ2) is 9.92. The van der Waals surface area contributed by atoms with Crippen LogP contribution in [0, 0.1) is 5.92 Å². The molecule has 3 rings (SSSR count). The number of piperidine rings is 1. The van der Waals surface area contributed by atoms with Crippen LogP contribution in [0.3, 0.4) is 0 Å². The quantitative estimate of drug-likeness (QED) is 0.522. The van der Waals surface area contributed by atoms with Crippen LogP contribution in [0.15, 0.2) is 54.6 Å². The van der Waals surface area contributed by atoms with Crippen molar-refractivity contribution in [1.29, 1.82) is 0 Å². The average molecular weight is 393 g/mol. The number of rotatable bonds is 7. The third kappa shape index (κ3) is 5.25. The van der Waals surface area contributed by atoms with Crippen LogP contribution >= 0.6 is 0 Å². The summed E-state index contributed by atoms with van der Waals surface area (Å²) in [5.74, 6) is 1.45. The van der Waals surface area contributed by atoms with Gasteiger partial charge in [-0.3, -0.25) is 9.59 Å². The number of Topliss-reactive ketones (excluding diaryl/α,β-unsaturated/α-hetero) is 1. The van der Waals surface area contributed by atoms with Gasteiger partial charge in [0.1, 0.15) is 0 Å². The second-order valence-corrected chi connectivity index (χ2v) is 7.01. The number of carbonyl (C=O) groups excluding carboxylic acids is 2. The Morgan fingerprint density at radius 3 is 2.45 bits per heavy atom. The van der Waals surface area contributed by atoms with Gasteiger partial charge < -0.3 is 14.4 Å². The van der Waals surface area contributed by atoms with Crippen molar-refractivity contribution in [2.24, 2.45) is 5.92 Å². The maximum absolute atomic E-state index is 12.6. The molecule has 2 aromatic carbocycles. The minimum atomic E-state index is -0.0376. The number of likely N-dealkylation sites (tertiary alicyclic amines) is 1. The molecule has 0 N–H and O–H groups in total. The minimum Gasteiger partial charge on any atom is -0.493 e. The molecule has 1 saturated heterocycles. The van der Waals surface area contributed by atoms with E-state index in [1.54, 1.807) is 24.2 Å².